The normalized spacial score (nSPS) is 11.2. The monoisotopic (exact) mass is 482 g/mol. The first kappa shape index (κ1) is 25.4. The molecule has 0 fully saturated rings. The summed E-state index contributed by atoms with van der Waals surface area (Å²) in [4.78, 5) is 11.2. The van der Waals surface area contributed by atoms with E-state index in [9.17, 15) is 0 Å². The van der Waals surface area contributed by atoms with E-state index in [0.29, 0.717) is 0 Å². The summed E-state index contributed by atoms with van der Waals surface area (Å²) in [6, 6.07) is 13.2. The Bertz CT molecular complexity index is 1260. The van der Waals surface area contributed by atoms with Gasteiger partial charge in [0.25, 0.3) is 0 Å². The van der Waals surface area contributed by atoms with Crippen molar-refractivity contribution < 1.29 is 12.4 Å². The molecule has 0 atom stereocenters. The minimum atomic E-state index is 0. The first-order chi connectivity index (χ1) is 15.6. The molecule has 0 spiro atoms. The molecule has 1 aromatic carbocycles. The number of fused-ring (bicyclic) bond motifs is 4. The highest BCUT2D eigenvalue weighted by molar-refractivity contribution is 7.21. The molecular weight excluding hydrogens is 448 g/mol. The SMILES string of the molecule is CCCCCCCNc1cc2sc3cc(=[N+](CC)CC)ccc-3nc2c2ccc(C)nc12.[Cl-]. The van der Waals surface area contributed by atoms with E-state index in [1.54, 1.807) is 0 Å². The standard InChI is InChI=1S/C27H34N4S.ClH/c1-5-8-9-10-11-16-28-23-18-25-27(21-14-12-19(4)29-26(21)23)30-22-15-13-20(17-24(22)32-25)31(6-2)7-3;/h12-15,17-18H,5-11,16H2,1-4H3;1H. The summed E-state index contributed by atoms with van der Waals surface area (Å²) in [7, 11) is 0. The summed E-state index contributed by atoms with van der Waals surface area (Å²) in [6.45, 7) is 11.7. The van der Waals surface area contributed by atoms with Gasteiger partial charge in [0, 0.05) is 29.8 Å². The summed E-state index contributed by atoms with van der Waals surface area (Å²) >= 11 is 1.83. The van der Waals surface area contributed by atoms with Crippen molar-refractivity contribution in [2.75, 3.05) is 25.0 Å². The number of hydrogen-bond acceptors (Lipinski definition) is 4. The van der Waals surface area contributed by atoms with Gasteiger partial charge in [-0.05, 0) is 51.5 Å². The fraction of sp³-hybridized carbons (Fsp3) is 0.444. The van der Waals surface area contributed by atoms with E-state index in [1.165, 1.54) is 47.0 Å². The number of pyridine rings is 1. The predicted octanol–water partition coefficient (Wildman–Crippen LogP) is 3.46. The van der Waals surface area contributed by atoms with Crippen LogP contribution in [0.4, 0.5) is 5.69 Å². The van der Waals surface area contributed by atoms with Crippen molar-refractivity contribution >= 4 is 38.1 Å². The zero-order valence-corrected chi connectivity index (χ0v) is 21.8. The third kappa shape index (κ3) is 5.64. The quantitative estimate of drug-likeness (QED) is 0.172. The number of aromatic nitrogens is 2. The van der Waals surface area contributed by atoms with Gasteiger partial charge < -0.3 is 17.7 Å². The number of nitrogens with zero attached hydrogens (tertiary/aromatic N) is 3. The Morgan fingerprint density at radius 2 is 1.67 bits per heavy atom. The molecule has 2 heterocycles. The first-order valence-corrected chi connectivity index (χ1v) is 12.9. The Labute approximate surface area is 207 Å². The number of halogens is 1. The van der Waals surface area contributed by atoms with Crippen LogP contribution in [0.5, 0.6) is 0 Å². The lowest BCUT2D eigenvalue weighted by atomic mass is 10.1. The number of unbranched alkanes of at least 4 members (excludes halogenated alkanes) is 4. The molecule has 0 amide bonds. The number of benzene rings is 2. The molecule has 1 N–H and O–H groups in total. The van der Waals surface area contributed by atoms with Gasteiger partial charge in [-0.1, -0.05) is 32.6 Å². The van der Waals surface area contributed by atoms with Crippen molar-refractivity contribution in [2.24, 2.45) is 0 Å². The van der Waals surface area contributed by atoms with Crippen molar-refractivity contribution in [1.29, 1.82) is 0 Å². The topological polar surface area (TPSA) is 40.8 Å². The lowest BCUT2D eigenvalue weighted by molar-refractivity contribution is -0.00000673. The van der Waals surface area contributed by atoms with Gasteiger partial charge in [0.1, 0.15) is 13.1 Å². The van der Waals surface area contributed by atoms with Gasteiger partial charge in [-0.25, -0.2) is 9.56 Å². The Balaban J connectivity index is 0.00000306. The second-order valence-electron chi connectivity index (χ2n) is 8.50. The molecule has 4 rings (SSSR count). The van der Waals surface area contributed by atoms with Crippen LogP contribution in [0.15, 0.2) is 36.4 Å². The molecule has 0 radical (unpaired) electrons. The molecule has 1 aliphatic heterocycles. The summed E-state index contributed by atoms with van der Waals surface area (Å²) in [5, 5.41) is 6.09. The molecule has 0 saturated heterocycles. The maximum absolute atomic E-state index is 5.08. The van der Waals surface area contributed by atoms with Crippen LogP contribution in [-0.2, 0) is 0 Å². The molecule has 0 saturated carbocycles. The fourth-order valence-corrected chi connectivity index (χ4v) is 5.40. The van der Waals surface area contributed by atoms with Gasteiger partial charge in [-0.15, -0.1) is 11.3 Å². The first-order valence-electron chi connectivity index (χ1n) is 12.1. The van der Waals surface area contributed by atoms with Crippen LogP contribution >= 0.6 is 11.3 Å². The summed E-state index contributed by atoms with van der Waals surface area (Å²) in [6.07, 6.45) is 6.40. The fourth-order valence-electron chi connectivity index (χ4n) is 4.33. The van der Waals surface area contributed by atoms with Crippen LogP contribution in [-0.4, -0.2) is 29.6 Å². The average Bonchev–Trinajstić information content (AvgIpc) is 2.80. The van der Waals surface area contributed by atoms with E-state index in [1.807, 2.05) is 11.3 Å². The van der Waals surface area contributed by atoms with Crippen molar-refractivity contribution in [3.63, 3.8) is 0 Å². The number of anilines is 1. The molecule has 1 aliphatic carbocycles. The number of rotatable bonds is 9. The van der Waals surface area contributed by atoms with Gasteiger partial charge >= 0.3 is 0 Å². The summed E-state index contributed by atoms with van der Waals surface area (Å²) in [5.74, 6) is 0. The van der Waals surface area contributed by atoms with Gasteiger partial charge in [-0.2, -0.15) is 0 Å². The van der Waals surface area contributed by atoms with Gasteiger partial charge in [0.15, 0.2) is 0 Å². The molecule has 176 valence electrons. The van der Waals surface area contributed by atoms with E-state index in [4.69, 9.17) is 9.97 Å². The zero-order chi connectivity index (χ0) is 22.5. The van der Waals surface area contributed by atoms with Crippen LogP contribution in [0.25, 0.3) is 31.7 Å². The number of hydrogen-bond donors (Lipinski definition) is 1. The van der Waals surface area contributed by atoms with E-state index in [-0.39, 0.29) is 12.4 Å². The largest absolute Gasteiger partial charge is 1.00 e. The molecule has 1 aromatic heterocycles. The lowest BCUT2D eigenvalue weighted by Crippen LogP contribution is -3.00. The van der Waals surface area contributed by atoms with E-state index < -0.39 is 0 Å². The smallest absolute Gasteiger partial charge is 0.201 e. The van der Waals surface area contributed by atoms with Gasteiger partial charge in [0.05, 0.1) is 32.0 Å². The number of aryl methyl sites for hydroxylation is 1. The van der Waals surface area contributed by atoms with Crippen LogP contribution in [0.3, 0.4) is 0 Å². The molecule has 0 unspecified atom stereocenters. The molecule has 6 heteroatoms. The van der Waals surface area contributed by atoms with E-state index >= 15 is 0 Å². The third-order valence-electron chi connectivity index (χ3n) is 6.17. The second kappa shape index (κ2) is 11.8. The molecular formula is C27H35ClN4S. The van der Waals surface area contributed by atoms with Crippen molar-refractivity contribution in [1.82, 2.24) is 14.5 Å². The van der Waals surface area contributed by atoms with Crippen molar-refractivity contribution in [3.8, 4) is 10.6 Å². The van der Waals surface area contributed by atoms with Crippen molar-refractivity contribution in [3.05, 3.63) is 47.4 Å². The predicted molar refractivity (Wildman–Crippen MR) is 140 cm³/mol. The van der Waals surface area contributed by atoms with Crippen LogP contribution < -0.4 is 27.7 Å². The highest BCUT2D eigenvalue weighted by atomic mass is 35.5. The van der Waals surface area contributed by atoms with Crippen molar-refractivity contribution in [2.45, 2.75) is 59.8 Å². The average molecular weight is 483 g/mol. The minimum absolute atomic E-state index is 0. The van der Waals surface area contributed by atoms with Gasteiger partial charge in [0.2, 0.25) is 5.36 Å². The van der Waals surface area contributed by atoms with Crippen LogP contribution in [0, 0.1) is 6.92 Å². The maximum Gasteiger partial charge on any atom is 0.201 e. The molecule has 2 aliphatic rings. The minimum Gasteiger partial charge on any atom is -1.00 e. The molecule has 4 nitrogen and oxygen atoms in total. The van der Waals surface area contributed by atoms with E-state index in [2.05, 4.69) is 74.0 Å². The number of nitrogens with one attached hydrogen (secondary N) is 1. The Hall–Kier alpha value is -2.24. The lowest BCUT2D eigenvalue weighted by Gasteiger charge is -2.14. The Morgan fingerprint density at radius 3 is 2.42 bits per heavy atom. The Kier molecular flexibility index (Phi) is 9.04. The molecule has 33 heavy (non-hydrogen) atoms. The highest BCUT2D eigenvalue weighted by Gasteiger charge is 2.15. The zero-order valence-electron chi connectivity index (χ0n) is 20.2. The Morgan fingerprint density at radius 1 is 0.879 bits per heavy atom. The third-order valence-corrected chi connectivity index (χ3v) is 7.25. The molecule has 0 bridgehead atoms. The molecule has 2 aromatic rings. The highest BCUT2D eigenvalue weighted by Crippen LogP contribution is 2.36. The maximum atomic E-state index is 5.08. The van der Waals surface area contributed by atoms with Gasteiger partial charge in [-0.3, -0.25) is 4.98 Å². The summed E-state index contributed by atoms with van der Waals surface area (Å²) in [5.41, 5.74) is 5.30. The van der Waals surface area contributed by atoms with E-state index in [0.717, 1.165) is 53.1 Å². The second-order valence-corrected chi connectivity index (χ2v) is 9.58. The van der Waals surface area contributed by atoms with Crippen LogP contribution in [0.1, 0.15) is 58.6 Å². The summed E-state index contributed by atoms with van der Waals surface area (Å²) < 4.78 is 3.59. The van der Waals surface area contributed by atoms with Crippen LogP contribution in [0.2, 0.25) is 0 Å².